The van der Waals surface area contributed by atoms with Gasteiger partial charge < -0.3 is 9.42 Å². The number of rotatable bonds is 3. The van der Waals surface area contributed by atoms with Crippen molar-refractivity contribution in [2.75, 3.05) is 6.54 Å². The maximum atomic E-state index is 13.0. The smallest absolute Gasteiger partial charge is 0.254 e. The van der Waals surface area contributed by atoms with Gasteiger partial charge in [0.05, 0.1) is 0 Å². The third-order valence-corrected chi connectivity index (χ3v) is 5.10. The lowest BCUT2D eigenvalue weighted by Crippen LogP contribution is -2.38. The molecule has 0 N–H and O–H groups in total. The van der Waals surface area contributed by atoms with Crippen LogP contribution < -0.4 is 0 Å². The van der Waals surface area contributed by atoms with Crippen molar-refractivity contribution in [2.45, 2.75) is 39.2 Å². The minimum atomic E-state index is -0.167. The molecule has 5 heteroatoms. The minimum Gasteiger partial charge on any atom is -0.337 e. The van der Waals surface area contributed by atoms with E-state index >= 15 is 0 Å². The molecular formula is C22H23N3O2. The van der Waals surface area contributed by atoms with E-state index in [1.807, 2.05) is 67.3 Å². The molecule has 1 aliphatic rings. The van der Waals surface area contributed by atoms with Crippen molar-refractivity contribution in [1.82, 2.24) is 15.0 Å². The summed E-state index contributed by atoms with van der Waals surface area (Å²) in [6.45, 7) is 4.77. The molecule has 27 heavy (non-hydrogen) atoms. The lowest BCUT2D eigenvalue weighted by atomic mass is 10.0. The zero-order valence-corrected chi connectivity index (χ0v) is 15.7. The van der Waals surface area contributed by atoms with Crippen molar-refractivity contribution in [2.24, 2.45) is 0 Å². The van der Waals surface area contributed by atoms with Crippen LogP contribution in [0.3, 0.4) is 0 Å². The van der Waals surface area contributed by atoms with Crippen LogP contribution in [0.4, 0.5) is 0 Å². The molecule has 3 aromatic rings. The predicted molar refractivity (Wildman–Crippen MR) is 103 cm³/mol. The van der Waals surface area contributed by atoms with Crippen molar-refractivity contribution in [3.63, 3.8) is 0 Å². The highest BCUT2D eigenvalue weighted by Gasteiger charge is 2.32. The first-order valence-electron chi connectivity index (χ1n) is 9.40. The first kappa shape index (κ1) is 17.5. The number of hydrogen-bond acceptors (Lipinski definition) is 4. The van der Waals surface area contributed by atoms with Crippen molar-refractivity contribution in [3.05, 3.63) is 71.1 Å². The fourth-order valence-electron chi connectivity index (χ4n) is 3.48. The van der Waals surface area contributed by atoms with Crippen LogP contribution in [0.1, 0.15) is 52.7 Å². The summed E-state index contributed by atoms with van der Waals surface area (Å²) in [5, 5.41) is 4.15. The second kappa shape index (κ2) is 7.35. The summed E-state index contributed by atoms with van der Waals surface area (Å²) in [6, 6.07) is 15.6. The predicted octanol–water partition coefficient (Wildman–Crippen LogP) is 4.72. The zero-order chi connectivity index (χ0) is 18.8. The molecule has 0 saturated carbocycles. The number of amides is 1. The van der Waals surface area contributed by atoms with Gasteiger partial charge in [-0.2, -0.15) is 4.98 Å². The van der Waals surface area contributed by atoms with Crippen LogP contribution in [0.15, 0.2) is 53.1 Å². The summed E-state index contributed by atoms with van der Waals surface area (Å²) < 4.78 is 5.57. The average Bonchev–Trinajstić information content (AvgIpc) is 3.19. The molecule has 2 aromatic carbocycles. The van der Waals surface area contributed by atoms with Crippen LogP contribution in [0, 0.1) is 13.8 Å². The van der Waals surface area contributed by atoms with Gasteiger partial charge in [0.15, 0.2) is 0 Å². The molecule has 1 atom stereocenters. The number of aromatic nitrogens is 2. The molecule has 4 rings (SSSR count). The maximum Gasteiger partial charge on any atom is 0.254 e. The summed E-state index contributed by atoms with van der Waals surface area (Å²) in [5.41, 5.74) is 3.94. The SMILES string of the molecule is Cc1ccc(C(=O)N2CCCC[C@H]2c2nc(-c3ccc(C)cc3)no2)cc1. The molecule has 0 bridgehead atoms. The third kappa shape index (κ3) is 3.63. The van der Waals surface area contributed by atoms with Gasteiger partial charge in [-0.15, -0.1) is 0 Å². The standard InChI is InChI=1S/C22H23N3O2/c1-15-6-10-17(11-7-15)20-23-21(27-24-20)19-5-3-4-14-25(19)22(26)18-12-8-16(2)9-13-18/h6-13,19H,3-5,14H2,1-2H3/t19-/m0/s1. The van der Waals surface area contributed by atoms with E-state index in [0.29, 0.717) is 23.8 Å². The molecule has 0 spiro atoms. The van der Waals surface area contributed by atoms with Crippen LogP contribution in [-0.2, 0) is 0 Å². The number of likely N-dealkylation sites (tertiary alicyclic amines) is 1. The Morgan fingerprint density at radius 3 is 2.37 bits per heavy atom. The van der Waals surface area contributed by atoms with Gasteiger partial charge in [-0.05, 0) is 45.2 Å². The molecule has 138 valence electrons. The van der Waals surface area contributed by atoms with Gasteiger partial charge in [0.25, 0.3) is 5.91 Å². The number of piperidine rings is 1. The molecule has 1 saturated heterocycles. The topological polar surface area (TPSA) is 59.2 Å². The van der Waals surface area contributed by atoms with Gasteiger partial charge in [0.1, 0.15) is 6.04 Å². The monoisotopic (exact) mass is 361 g/mol. The summed E-state index contributed by atoms with van der Waals surface area (Å²) in [5.74, 6) is 1.11. The lowest BCUT2D eigenvalue weighted by molar-refractivity contribution is 0.0561. The largest absolute Gasteiger partial charge is 0.337 e. The average molecular weight is 361 g/mol. The van der Waals surface area contributed by atoms with E-state index < -0.39 is 0 Å². The van der Waals surface area contributed by atoms with E-state index in [2.05, 4.69) is 10.1 Å². The van der Waals surface area contributed by atoms with E-state index in [-0.39, 0.29) is 11.9 Å². The molecule has 0 aliphatic carbocycles. The van der Waals surface area contributed by atoms with Crippen LogP contribution in [0.25, 0.3) is 11.4 Å². The van der Waals surface area contributed by atoms with Crippen molar-refractivity contribution >= 4 is 5.91 Å². The molecule has 2 heterocycles. The summed E-state index contributed by atoms with van der Waals surface area (Å²) in [4.78, 5) is 19.5. The Labute approximate surface area is 159 Å². The molecule has 1 fully saturated rings. The highest BCUT2D eigenvalue weighted by atomic mass is 16.5. The number of carbonyl (C=O) groups excluding carboxylic acids is 1. The molecule has 5 nitrogen and oxygen atoms in total. The Kier molecular flexibility index (Phi) is 4.75. The lowest BCUT2D eigenvalue weighted by Gasteiger charge is -2.33. The number of carbonyl (C=O) groups is 1. The first-order chi connectivity index (χ1) is 13.1. The molecule has 1 aliphatic heterocycles. The van der Waals surface area contributed by atoms with Gasteiger partial charge in [-0.3, -0.25) is 4.79 Å². The van der Waals surface area contributed by atoms with Crippen LogP contribution >= 0.6 is 0 Å². The normalized spacial score (nSPS) is 17.1. The highest BCUT2D eigenvalue weighted by Crippen LogP contribution is 2.32. The zero-order valence-electron chi connectivity index (χ0n) is 15.7. The highest BCUT2D eigenvalue weighted by molar-refractivity contribution is 5.94. The van der Waals surface area contributed by atoms with Gasteiger partial charge >= 0.3 is 0 Å². The molecule has 0 unspecified atom stereocenters. The molecule has 1 aromatic heterocycles. The Hall–Kier alpha value is -2.95. The fourth-order valence-corrected chi connectivity index (χ4v) is 3.48. The number of nitrogens with zero attached hydrogens (tertiary/aromatic N) is 3. The van der Waals surface area contributed by atoms with Gasteiger partial charge in [0.2, 0.25) is 11.7 Å². The van der Waals surface area contributed by atoms with E-state index in [1.165, 1.54) is 5.56 Å². The second-order valence-corrected chi connectivity index (χ2v) is 7.20. The number of hydrogen-bond donors (Lipinski definition) is 0. The fraction of sp³-hybridized carbons (Fsp3) is 0.318. The van der Waals surface area contributed by atoms with Crippen molar-refractivity contribution in [3.8, 4) is 11.4 Å². The van der Waals surface area contributed by atoms with E-state index in [0.717, 1.165) is 30.4 Å². The Bertz CT molecular complexity index is 929. The molecule has 0 radical (unpaired) electrons. The van der Waals surface area contributed by atoms with Crippen molar-refractivity contribution < 1.29 is 9.32 Å². The maximum absolute atomic E-state index is 13.0. The van der Waals surface area contributed by atoms with E-state index in [4.69, 9.17) is 4.52 Å². The summed E-state index contributed by atoms with van der Waals surface area (Å²) in [7, 11) is 0. The minimum absolute atomic E-state index is 0.0229. The Morgan fingerprint density at radius 2 is 1.67 bits per heavy atom. The summed E-state index contributed by atoms with van der Waals surface area (Å²) in [6.07, 6.45) is 2.88. The van der Waals surface area contributed by atoms with Gasteiger partial charge in [0, 0.05) is 17.7 Å². The number of benzene rings is 2. The number of aryl methyl sites for hydroxylation is 2. The van der Waals surface area contributed by atoms with E-state index in [9.17, 15) is 4.79 Å². The Morgan fingerprint density at radius 1 is 1.00 bits per heavy atom. The van der Waals surface area contributed by atoms with Gasteiger partial charge in [-0.1, -0.05) is 52.7 Å². The summed E-state index contributed by atoms with van der Waals surface area (Å²) >= 11 is 0. The second-order valence-electron chi connectivity index (χ2n) is 7.20. The van der Waals surface area contributed by atoms with Crippen molar-refractivity contribution in [1.29, 1.82) is 0 Å². The Balaban J connectivity index is 1.60. The third-order valence-electron chi connectivity index (χ3n) is 5.10. The first-order valence-corrected chi connectivity index (χ1v) is 9.40. The van der Waals surface area contributed by atoms with E-state index in [1.54, 1.807) is 0 Å². The van der Waals surface area contributed by atoms with Crippen LogP contribution in [0.5, 0.6) is 0 Å². The van der Waals surface area contributed by atoms with Crippen LogP contribution in [-0.4, -0.2) is 27.5 Å². The van der Waals surface area contributed by atoms with Crippen LogP contribution in [0.2, 0.25) is 0 Å². The quantitative estimate of drug-likeness (QED) is 0.677. The molecule has 1 amide bonds. The molecular weight excluding hydrogens is 338 g/mol. The van der Waals surface area contributed by atoms with Gasteiger partial charge in [-0.25, -0.2) is 0 Å².